The Labute approximate surface area is 114 Å². The standard InChI is InChI=1S/C13H10ClN3O2/c14-10-6-2-1-5-9(10)12(18)16-17-13(19)11-7-3-4-8-15-11/h1-8H,(H,16,18)(H,17,19). The summed E-state index contributed by atoms with van der Waals surface area (Å²) in [5.74, 6) is -0.990. The van der Waals surface area contributed by atoms with E-state index in [1.807, 2.05) is 0 Å². The summed E-state index contributed by atoms with van der Waals surface area (Å²) in [5.41, 5.74) is 5.03. The number of pyridine rings is 1. The van der Waals surface area contributed by atoms with Gasteiger partial charge in [-0.15, -0.1) is 0 Å². The van der Waals surface area contributed by atoms with Crippen LogP contribution in [0.1, 0.15) is 20.8 Å². The first-order valence-electron chi connectivity index (χ1n) is 5.45. The summed E-state index contributed by atoms with van der Waals surface area (Å²) in [4.78, 5) is 27.3. The maximum Gasteiger partial charge on any atom is 0.288 e. The van der Waals surface area contributed by atoms with Crippen molar-refractivity contribution in [3.8, 4) is 0 Å². The van der Waals surface area contributed by atoms with Crippen molar-refractivity contribution in [2.75, 3.05) is 0 Å². The van der Waals surface area contributed by atoms with Crippen LogP contribution < -0.4 is 10.9 Å². The van der Waals surface area contributed by atoms with Crippen molar-refractivity contribution in [1.82, 2.24) is 15.8 Å². The molecule has 1 aromatic heterocycles. The van der Waals surface area contributed by atoms with Gasteiger partial charge in [-0.3, -0.25) is 25.4 Å². The Morgan fingerprint density at radius 1 is 0.947 bits per heavy atom. The summed E-state index contributed by atoms with van der Waals surface area (Å²) in [6.07, 6.45) is 1.49. The molecule has 0 fully saturated rings. The van der Waals surface area contributed by atoms with Crippen molar-refractivity contribution in [2.24, 2.45) is 0 Å². The third-order valence-corrected chi connectivity index (χ3v) is 2.64. The van der Waals surface area contributed by atoms with E-state index in [0.717, 1.165) is 0 Å². The normalized spacial score (nSPS) is 9.74. The monoisotopic (exact) mass is 275 g/mol. The predicted molar refractivity (Wildman–Crippen MR) is 70.6 cm³/mol. The highest BCUT2D eigenvalue weighted by Gasteiger charge is 2.11. The number of aromatic nitrogens is 1. The topological polar surface area (TPSA) is 71.1 Å². The molecule has 0 aliphatic heterocycles. The number of halogens is 1. The summed E-state index contributed by atoms with van der Waals surface area (Å²) in [5, 5.41) is 0.312. The summed E-state index contributed by atoms with van der Waals surface area (Å²) >= 11 is 5.87. The Bertz CT molecular complexity index is 602. The first-order valence-corrected chi connectivity index (χ1v) is 5.82. The second kappa shape index (κ2) is 5.97. The largest absolute Gasteiger partial charge is 0.288 e. The first kappa shape index (κ1) is 13.0. The number of hydrogen-bond donors (Lipinski definition) is 2. The zero-order chi connectivity index (χ0) is 13.7. The van der Waals surface area contributed by atoms with Gasteiger partial charge in [-0.05, 0) is 24.3 Å². The molecule has 0 radical (unpaired) electrons. The molecule has 2 rings (SSSR count). The third-order valence-electron chi connectivity index (χ3n) is 2.31. The molecular weight excluding hydrogens is 266 g/mol. The van der Waals surface area contributed by atoms with Crippen LogP contribution in [0.4, 0.5) is 0 Å². The lowest BCUT2D eigenvalue weighted by Crippen LogP contribution is -2.42. The molecule has 5 nitrogen and oxygen atoms in total. The van der Waals surface area contributed by atoms with Gasteiger partial charge in [-0.25, -0.2) is 0 Å². The van der Waals surface area contributed by atoms with Gasteiger partial charge in [0.05, 0.1) is 10.6 Å². The van der Waals surface area contributed by atoms with Crippen LogP contribution in [0, 0.1) is 0 Å². The minimum absolute atomic E-state index is 0.210. The first-order chi connectivity index (χ1) is 9.18. The highest BCUT2D eigenvalue weighted by molar-refractivity contribution is 6.33. The van der Waals surface area contributed by atoms with E-state index in [1.54, 1.807) is 36.4 Å². The number of nitrogens with zero attached hydrogens (tertiary/aromatic N) is 1. The number of benzene rings is 1. The minimum atomic E-state index is -0.499. The van der Waals surface area contributed by atoms with Crippen molar-refractivity contribution < 1.29 is 9.59 Å². The van der Waals surface area contributed by atoms with Crippen molar-refractivity contribution in [3.05, 3.63) is 64.9 Å². The molecule has 1 heterocycles. The molecule has 2 N–H and O–H groups in total. The molecule has 19 heavy (non-hydrogen) atoms. The van der Waals surface area contributed by atoms with Crippen LogP contribution in [-0.4, -0.2) is 16.8 Å². The average Bonchev–Trinajstić information content (AvgIpc) is 2.46. The van der Waals surface area contributed by atoms with Crippen LogP contribution in [0.3, 0.4) is 0 Å². The van der Waals surface area contributed by atoms with Crippen LogP contribution >= 0.6 is 11.6 Å². The van der Waals surface area contributed by atoms with Gasteiger partial charge < -0.3 is 0 Å². The summed E-state index contributed by atoms with van der Waals surface area (Å²) in [6.45, 7) is 0. The molecule has 0 spiro atoms. The van der Waals surface area contributed by atoms with E-state index in [4.69, 9.17) is 11.6 Å². The maximum atomic E-state index is 11.8. The van der Waals surface area contributed by atoms with E-state index in [0.29, 0.717) is 5.02 Å². The van der Waals surface area contributed by atoms with Gasteiger partial charge in [0.25, 0.3) is 11.8 Å². The van der Waals surface area contributed by atoms with Gasteiger partial charge in [-0.2, -0.15) is 0 Å². The van der Waals surface area contributed by atoms with Gasteiger partial charge in [0.2, 0.25) is 0 Å². The van der Waals surface area contributed by atoms with Crippen LogP contribution in [-0.2, 0) is 0 Å². The number of nitrogens with one attached hydrogen (secondary N) is 2. The second-order valence-corrected chi connectivity index (χ2v) is 4.01. The lowest BCUT2D eigenvalue weighted by molar-refractivity contribution is 0.0844. The Balaban J connectivity index is 1.98. The van der Waals surface area contributed by atoms with Gasteiger partial charge >= 0.3 is 0 Å². The van der Waals surface area contributed by atoms with E-state index < -0.39 is 11.8 Å². The van der Waals surface area contributed by atoms with E-state index in [1.165, 1.54) is 12.3 Å². The quantitative estimate of drug-likeness (QED) is 0.821. The lowest BCUT2D eigenvalue weighted by Gasteiger charge is -2.07. The minimum Gasteiger partial charge on any atom is -0.267 e. The van der Waals surface area contributed by atoms with Crippen molar-refractivity contribution in [1.29, 1.82) is 0 Å². The molecule has 0 saturated carbocycles. The highest BCUT2D eigenvalue weighted by Crippen LogP contribution is 2.14. The number of hydrazine groups is 1. The van der Waals surface area contributed by atoms with E-state index in [-0.39, 0.29) is 11.3 Å². The van der Waals surface area contributed by atoms with E-state index in [2.05, 4.69) is 15.8 Å². The number of carbonyl (C=O) groups is 2. The number of carbonyl (C=O) groups excluding carboxylic acids is 2. The fourth-order valence-corrected chi connectivity index (χ4v) is 1.61. The van der Waals surface area contributed by atoms with Crippen molar-refractivity contribution in [3.63, 3.8) is 0 Å². The third kappa shape index (κ3) is 3.29. The SMILES string of the molecule is O=C(NNC(=O)c1ccccc1Cl)c1ccccn1. The zero-order valence-electron chi connectivity index (χ0n) is 9.76. The molecule has 0 aliphatic carbocycles. The van der Waals surface area contributed by atoms with Crippen molar-refractivity contribution in [2.45, 2.75) is 0 Å². The molecule has 0 unspecified atom stereocenters. The lowest BCUT2D eigenvalue weighted by atomic mass is 10.2. The molecule has 0 bridgehead atoms. The van der Waals surface area contributed by atoms with Crippen LogP contribution in [0.15, 0.2) is 48.7 Å². The molecule has 6 heteroatoms. The molecule has 0 saturated heterocycles. The van der Waals surface area contributed by atoms with Gasteiger partial charge in [0.15, 0.2) is 0 Å². The van der Waals surface area contributed by atoms with Gasteiger partial charge in [-0.1, -0.05) is 29.8 Å². The molecule has 0 aliphatic rings. The summed E-state index contributed by atoms with van der Waals surface area (Å²) in [7, 11) is 0. The van der Waals surface area contributed by atoms with E-state index in [9.17, 15) is 9.59 Å². The molecule has 2 amide bonds. The predicted octanol–water partition coefficient (Wildman–Crippen LogP) is 1.81. The van der Waals surface area contributed by atoms with Crippen LogP contribution in [0.2, 0.25) is 5.02 Å². The molecule has 96 valence electrons. The van der Waals surface area contributed by atoms with Gasteiger partial charge in [0.1, 0.15) is 5.69 Å². The molecule has 2 aromatic rings. The summed E-state index contributed by atoms with van der Waals surface area (Å²) in [6, 6.07) is 11.5. The Hall–Kier alpha value is -2.40. The van der Waals surface area contributed by atoms with Gasteiger partial charge in [0, 0.05) is 6.20 Å². The molecule has 0 atom stereocenters. The Morgan fingerprint density at radius 2 is 1.63 bits per heavy atom. The Kier molecular flexibility index (Phi) is 4.10. The fraction of sp³-hybridized carbons (Fsp3) is 0. The van der Waals surface area contributed by atoms with Crippen molar-refractivity contribution >= 4 is 23.4 Å². The Morgan fingerprint density at radius 3 is 2.32 bits per heavy atom. The zero-order valence-corrected chi connectivity index (χ0v) is 10.5. The fourth-order valence-electron chi connectivity index (χ4n) is 1.39. The second-order valence-electron chi connectivity index (χ2n) is 3.60. The number of amides is 2. The highest BCUT2D eigenvalue weighted by atomic mass is 35.5. The number of rotatable bonds is 2. The number of hydrogen-bond acceptors (Lipinski definition) is 3. The van der Waals surface area contributed by atoms with E-state index >= 15 is 0 Å². The summed E-state index contributed by atoms with van der Waals surface area (Å²) < 4.78 is 0. The average molecular weight is 276 g/mol. The molecule has 1 aromatic carbocycles. The molecular formula is C13H10ClN3O2. The van der Waals surface area contributed by atoms with Crippen LogP contribution in [0.25, 0.3) is 0 Å². The maximum absolute atomic E-state index is 11.8. The smallest absolute Gasteiger partial charge is 0.267 e. The van der Waals surface area contributed by atoms with Crippen LogP contribution in [0.5, 0.6) is 0 Å².